The number of carbonyl (C=O) groups is 1. The number of anilines is 1. The van der Waals surface area contributed by atoms with Gasteiger partial charge in [-0.2, -0.15) is 0 Å². The van der Waals surface area contributed by atoms with Crippen LogP contribution in [0.2, 0.25) is 0 Å². The first-order valence-corrected chi connectivity index (χ1v) is 7.90. The molecule has 1 aromatic heterocycles. The van der Waals surface area contributed by atoms with Crippen LogP contribution < -0.4 is 5.32 Å². The van der Waals surface area contributed by atoms with E-state index in [1.54, 1.807) is 11.1 Å². The van der Waals surface area contributed by atoms with E-state index in [9.17, 15) is 9.90 Å². The van der Waals surface area contributed by atoms with Gasteiger partial charge in [0.2, 0.25) is 0 Å². The van der Waals surface area contributed by atoms with Crippen molar-refractivity contribution in [2.45, 2.75) is 38.2 Å². The van der Waals surface area contributed by atoms with Crippen LogP contribution in [0.25, 0.3) is 0 Å². The van der Waals surface area contributed by atoms with Crippen molar-refractivity contribution in [2.75, 3.05) is 25.0 Å². The summed E-state index contributed by atoms with van der Waals surface area (Å²) in [4.78, 5) is 18.6. The van der Waals surface area contributed by atoms with Crippen molar-refractivity contribution in [3.63, 3.8) is 0 Å². The molecule has 2 heterocycles. The summed E-state index contributed by atoms with van der Waals surface area (Å²) in [7, 11) is 0. The summed E-state index contributed by atoms with van der Waals surface area (Å²) >= 11 is 0. The highest BCUT2D eigenvalue weighted by atomic mass is 16.3. The highest BCUT2D eigenvalue weighted by molar-refractivity contribution is 5.97. The van der Waals surface area contributed by atoms with Crippen molar-refractivity contribution in [2.24, 2.45) is 5.92 Å². The van der Waals surface area contributed by atoms with E-state index in [0.717, 1.165) is 31.0 Å². The molecular formula is C16H23N3O2. The van der Waals surface area contributed by atoms with Crippen molar-refractivity contribution in [1.29, 1.82) is 0 Å². The quantitative estimate of drug-likeness (QED) is 0.888. The third-order valence-electron chi connectivity index (χ3n) is 4.50. The zero-order chi connectivity index (χ0) is 14.7. The Balaban J connectivity index is 1.69. The van der Waals surface area contributed by atoms with Gasteiger partial charge in [-0.15, -0.1) is 0 Å². The maximum Gasteiger partial charge on any atom is 0.274 e. The van der Waals surface area contributed by atoms with Crippen molar-refractivity contribution < 1.29 is 9.90 Å². The molecule has 1 unspecified atom stereocenters. The Bertz CT molecular complexity index is 502. The number of aliphatic hydroxyl groups is 1. The average Bonchev–Trinajstić information content (AvgIpc) is 2.45. The SMILES string of the molecule is O=C(c1ncccc1NCC1CCC1)N1CCCC(O)C1. The molecule has 1 aromatic rings. The molecule has 1 saturated carbocycles. The Hall–Kier alpha value is -1.62. The number of pyridine rings is 1. The lowest BCUT2D eigenvalue weighted by Gasteiger charge is -2.30. The van der Waals surface area contributed by atoms with Crippen molar-refractivity contribution >= 4 is 11.6 Å². The molecule has 0 spiro atoms. The topological polar surface area (TPSA) is 65.5 Å². The van der Waals surface area contributed by atoms with Gasteiger partial charge in [0.1, 0.15) is 0 Å². The van der Waals surface area contributed by atoms with E-state index in [-0.39, 0.29) is 5.91 Å². The third-order valence-corrected chi connectivity index (χ3v) is 4.50. The number of rotatable bonds is 4. The second-order valence-electron chi connectivity index (χ2n) is 6.12. The third kappa shape index (κ3) is 3.35. The standard InChI is InChI=1S/C16H23N3O2/c20-13-6-3-9-19(11-13)16(21)15-14(7-2-8-17-15)18-10-12-4-1-5-12/h2,7-8,12-13,18,20H,1,3-6,9-11H2. The van der Waals surface area contributed by atoms with Crippen molar-refractivity contribution in [3.05, 3.63) is 24.0 Å². The molecule has 1 aliphatic heterocycles. The fraction of sp³-hybridized carbons (Fsp3) is 0.625. The molecule has 1 aliphatic carbocycles. The highest BCUT2D eigenvalue weighted by Crippen LogP contribution is 2.27. The number of likely N-dealkylation sites (tertiary alicyclic amines) is 1. The molecule has 3 rings (SSSR count). The Labute approximate surface area is 125 Å². The van der Waals surface area contributed by atoms with Crippen molar-refractivity contribution in [3.8, 4) is 0 Å². The number of aliphatic hydroxyl groups excluding tert-OH is 1. The van der Waals surface area contributed by atoms with E-state index in [1.165, 1.54) is 19.3 Å². The first kappa shape index (κ1) is 14.3. The Kier molecular flexibility index (Phi) is 4.39. The lowest BCUT2D eigenvalue weighted by molar-refractivity contribution is 0.0470. The molecule has 1 amide bonds. The number of amides is 1. The van der Waals surface area contributed by atoms with Gasteiger partial charge < -0.3 is 15.3 Å². The van der Waals surface area contributed by atoms with E-state index in [0.29, 0.717) is 18.8 Å². The van der Waals surface area contributed by atoms with Gasteiger partial charge in [0, 0.05) is 25.8 Å². The highest BCUT2D eigenvalue weighted by Gasteiger charge is 2.26. The van der Waals surface area contributed by atoms with Gasteiger partial charge in [0.25, 0.3) is 5.91 Å². The number of hydrogen-bond donors (Lipinski definition) is 2. The summed E-state index contributed by atoms with van der Waals surface area (Å²) in [6, 6.07) is 3.77. The Morgan fingerprint density at radius 1 is 1.38 bits per heavy atom. The van der Waals surface area contributed by atoms with Crippen LogP contribution >= 0.6 is 0 Å². The fourth-order valence-electron chi connectivity index (χ4n) is 2.96. The first-order valence-electron chi connectivity index (χ1n) is 7.90. The Morgan fingerprint density at radius 2 is 2.24 bits per heavy atom. The average molecular weight is 289 g/mol. The molecule has 0 bridgehead atoms. The summed E-state index contributed by atoms with van der Waals surface area (Å²) < 4.78 is 0. The normalized spacial score (nSPS) is 22.7. The summed E-state index contributed by atoms with van der Waals surface area (Å²) in [5, 5.41) is 13.1. The number of carbonyl (C=O) groups excluding carboxylic acids is 1. The van der Waals surface area contributed by atoms with E-state index >= 15 is 0 Å². The van der Waals surface area contributed by atoms with Gasteiger partial charge in [-0.1, -0.05) is 6.42 Å². The molecule has 0 radical (unpaired) electrons. The molecular weight excluding hydrogens is 266 g/mol. The summed E-state index contributed by atoms with van der Waals surface area (Å²) in [6.07, 6.45) is 6.74. The predicted molar refractivity (Wildman–Crippen MR) is 81.2 cm³/mol. The zero-order valence-electron chi connectivity index (χ0n) is 12.3. The number of nitrogens with one attached hydrogen (secondary N) is 1. The number of β-amino-alcohol motifs (C(OH)–C–C–N with tert-alkyl or cyclic N) is 1. The van der Waals surface area contributed by atoms with Crippen LogP contribution in [0.15, 0.2) is 18.3 Å². The van der Waals surface area contributed by atoms with Crippen LogP contribution in [-0.4, -0.2) is 46.6 Å². The fourth-order valence-corrected chi connectivity index (χ4v) is 2.96. The van der Waals surface area contributed by atoms with Gasteiger partial charge >= 0.3 is 0 Å². The summed E-state index contributed by atoms with van der Waals surface area (Å²) in [5.74, 6) is 0.649. The van der Waals surface area contributed by atoms with E-state index in [2.05, 4.69) is 10.3 Å². The lowest BCUT2D eigenvalue weighted by atomic mass is 9.85. The molecule has 2 N–H and O–H groups in total. The Morgan fingerprint density at radius 3 is 2.95 bits per heavy atom. The zero-order valence-corrected chi connectivity index (χ0v) is 12.3. The van der Waals surface area contributed by atoms with E-state index < -0.39 is 6.10 Å². The second kappa shape index (κ2) is 6.43. The van der Waals surface area contributed by atoms with Crippen LogP contribution in [0.3, 0.4) is 0 Å². The summed E-state index contributed by atoms with van der Waals surface area (Å²) in [6.45, 7) is 2.03. The first-order chi connectivity index (χ1) is 10.2. The number of hydrogen-bond acceptors (Lipinski definition) is 4. The van der Waals surface area contributed by atoms with Gasteiger partial charge in [-0.25, -0.2) is 4.98 Å². The predicted octanol–water partition coefficient (Wildman–Crippen LogP) is 1.89. The van der Waals surface area contributed by atoms with Crippen LogP contribution in [0, 0.1) is 5.92 Å². The molecule has 0 aromatic carbocycles. The number of piperidine rings is 1. The molecule has 1 atom stereocenters. The molecule has 21 heavy (non-hydrogen) atoms. The molecule has 2 fully saturated rings. The maximum atomic E-state index is 12.6. The minimum atomic E-state index is -0.405. The maximum absolute atomic E-state index is 12.6. The van der Waals surface area contributed by atoms with E-state index in [1.807, 2.05) is 12.1 Å². The molecule has 2 aliphatic rings. The molecule has 1 saturated heterocycles. The van der Waals surface area contributed by atoms with E-state index in [4.69, 9.17) is 0 Å². The van der Waals surface area contributed by atoms with Crippen molar-refractivity contribution in [1.82, 2.24) is 9.88 Å². The molecule has 5 nitrogen and oxygen atoms in total. The smallest absolute Gasteiger partial charge is 0.274 e. The van der Waals surface area contributed by atoms with Gasteiger partial charge in [-0.05, 0) is 43.7 Å². The van der Waals surface area contributed by atoms with Crippen LogP contribution in [-0.2, 0) is 0 Å². The van der Waals surface area contributed by atoms with Crippen LogP contribution in [0.4, 0.5) is 5.69 Å². The minimum absolute atomic E-state index is 0.0783. The summed E-state index contributed by atoms with van der Waals surface area (Å²) in [5.41, 5.74) is 1.29. The number of nitrogens with zero attached hydrogens (tertiary/aromatic N) is 2. The van der Waals surface area contributed by atoms with Gasteiger partial charge in [0.15, 0.2) is 5.69 Å². The molecule has 5 heteroatoms. The van der Waals surface area contributed by atoms with Gasteiger partial charge in [0.05, 0.1) is 11.8 Å². The van der Waals surface area contributed by atoms with Gasteiger partial charge in [-0.3, -0.25) is 4.79 Å². The minimum Gasteiger partial charge on any atom is -0.391 e. The lowest BCUT2D eigenvalue weighted by Crippen LogP contribution is -2.42. The monoisotopic (exact) mass is 289 g/mol. The largest absolute Gasteiger partial charge is 0.391 e. The second-order valence-corrected chi connectivity index (χ2v) is 6.12. The van der Waals surface area contributed by atoms with Crippen LogP contribution in [0.5, 0.6) is 0 Å². The molecule has 114 valence electrons. The van der Waals surface area contributed by atoms with Crippen LogP contribution in [0.1, 0.15) is 42.6 Å². The number of aromatic nitrogens is 1.